The van der Waals surface area contributed by atoms with E-state index < -0.39 is 6.10 Å². The number of hydrogen-bond donors (Lipinski definition) is 2. The molecule has 1 rings (SSSR count). The second-order valence-corrected chi connectivity index (χ2v) is 4.67. The Balaban J connectivity index is 2.66. The molecule has 1 aromatic carbocycles. The molecule has 0 radical (unpaired) electrons. The zero-order valence-corrected chi connectivity index (χ0v) is 11.1. The van der Waals surface area contributed by atoms with Crippen molar-refractivity contribution in [1.82, 2.24) is 0 Å². The van der Waals surface area contributed by atoms with Crippen LogP contribution in [-0.2, 0) is 0 Å². The van der Waals surface area contributed by atoms with Gasteiger partial charge in [-0.3, -0.25) is 0 Å². The normalized spacial score (nSPS) is 14.4. The van der Waals surface area contributed by atoms with Crippen molar-refractivity contribution in [2.24, 2.45) is 5.73 Å². The van der Waals surface area contributed by atoms with Gasteiger partial charge < -0.3 is 15.7 Å². The molecule has 0 amide bonds. The maximum absolute atomic E-state index is 9.50. The average molecular weight is 236 g/mol. The van der Waals surface area contributed by atoms with Gasteiger partial charge in [-0.25, -0.2) is 0 Å². The van der Waals surface area contributed by atoms with Gasteiger partial charge in [-0.2, -0.15) is 0 Å². The van der Waals surface area contributed by atoms with Crippen LogP contribution >= 0.6 is 0 Å². The highest BCUT2D eigenvalue weighted by molar-refractivity contribution is 5.47. The molecule has 0 saturated heterocycles. The predicted molar refractivity (Wildman–Crippen MR) is 73.5 cm³/mol. The highest BCUT2D eigenvalue weighted by Crippen LogP contribution is 2.21. The molecule has 0 aliphatic rings. The zero-order chi connectivity index (χ0) is 12.8. The van der Waals surface area contributed by atoms with Gasteiger partial charge in [0.25, 0.3) is 0 Å². The van der Waals surface area contributed by atoms with Gasteiger partial charge in [-0.15, -0.1) is 0 Å². The molecule has 0 fully saturated rings. The first-order valence-corrected chi connectivity index (χ1v) is 6.27. The summed E-state index contributed by atoms with van der Waals surface area (Å²) >= 11 is 0. The predicted octanol–water partition coefficient (Wildman–Crippen LogP) is 1.96. The Bertz CT molecular complexity index is 323. The third-order valence-corrected chi connectivity index (χ3v) is 3.27. The molecule has 0 spiro atoms. The Morgan fingerprint density at radius 3 is 2.35 bits per heavy atom. The van der Waals surface area contributed by atoms with Crippen molar-refractivity contribution in [2.75, 3.05) is 25.0 Å². The van der Waals surface area contributed by atoms with E-state index in [0.29, 0.717) is 19.0 Å². The highest BCUT2D eigenvalue weighted by Gasteiger charge is 2.08. The van der Waals surface area contributed by atoms with Gasteiger partial charge in [-0.1, -0.05) is 26.0 Å². The monoisotopic (exact) mass is 236 g/mol. The average Bonchev–Trinajstić information content (AvgIpc) is 2.37. The Morgan fingerprint density at radius 1 is 1.29 bits per heavy atom. The molecule has 0 bridgehead atoms. The Morgan fingerprint density at radius 2 is 1.88 bits per heavy atom. The topological polar surface area (TPSA) is 49.5 Å². The second kappa shape index (κ2) is 6.62. The molecule has 2 atom stereocenters. The third kappa shape index (κ3) is 4.02. The first-order chi connectivity index (χ1) is 8.08. The summed E-state index contributed by atoms with van der Waals surface area (Å²) in [6, 6.07) is 8.53. The van der Waals surface area contributed by atoms with Crippen LogP contribution in [-0.4, -0.2) is 31.3 Å². The van der Waals surface area contributed by atoms with Gasteiger partial charge >= 0.3 is 0 Å². The maximum atomic E-state index is 9.50. The molecule has 0 aliphatic heterocycles. The number of likely N-dealkylation sites (N-methyl/N-ethyl adjacent to an activating group) is 1. The van der Waals surface area contributed by atoms with Gasteiger partial charge in [0.1, 0.15) is 0 Å². The summed E-state index contributed by atoms with van der Waals surface area (Å²) in [4.78, 5) is 2.03. The lowest BCUT2D eigenvalue weighted by Crippen LogP contribution is -2.34. The minimum absolute atomic E-state index is 0.301. The molecule has 96 valence electrons. The Hall–Kier alpha value is -1.06. The van der Waals surface area contributed by atoms with Gasteiger partial charge in [0.2, 0.25) is 0 Å². The van der Waals surface area contributed by atoms with E-state index in [2.05, 4.69) is 38.1 Å². The number of rotatable bonds is 6. The lowest BCUT2D eigenvalue weighted by molar-refractivity contribution is 0.189. The van der Waals surface area contributed by atoms with Gasteiger partial charge in [0.15, 0.2) is 0 Å². The van der Waals surface area contributed by atoms with E-state index in [1.807, 2.05) is 11.9 Å². The summed E-state index contributed by atoms with van der Waals surface area (Å²) in [5.74, 6) is 0.601. The molecule has 0 heterocycles. The number of nitrogens with two attached hydrogens (primary N) is 1. The van der Waals surface area contributed by atoms with Crippen LogP contribution in [0.3, 0.4) is 0 Å². The summed E-state index contributed by atoms with van der Waals surface area (Å²) in [6.07, 6.45) is 0.690. The zero-order valence-electron chi connectivity index (χ0n) is 11.1. The van der Waals surface area contributed by atoms with E-state index in [0.717, 1.165) is 12.1 Å². The largest absolute Gasteiger partial charge is 0.390 e. The molecule has 1 aromatic rings. The van der Waals surface area contributed by atoms with E-state index in [1.165, 1.54) is 5.56 Å². The standard InChI is InChI=1S/C14H24N2O/c1-4-11(2)12-5-7-13(8-6-12)16(3)10-14(17)9-15/h5-8,11,14,17H,4,9-10,15H2,1-3H3. The minimum atomic E-state index is -0.464. The van der Waals surface area contributed by atoms with Crippen molar-refractivity contribution in [1.29, 1.82) is 0 Å². The SMILES string of the molecule is CCC(C)c1ccc(N(C)CC(O)CN)cc1. The van der Waals surface area contributed by atoms with Gasteiger partial charge in [0.05, 0.1) is 6.10 Å². The Kier molecular flexibility index (Phi) is 5.45. The summed E-state index contributed by atoms with van der Waals surface area (Å²) < 4.78 is 0. The van der Waals surface area contributed by atoms with Crippen LogP contribution in [0.1, 0.15) is 31.7 Å². The van der Waals surface area contributed by atoms with Crippen molar-refractivity contribution < 1.29 is 5.11 Å². The number of anilines is 1. The van der Waals surface area contributed by atoms with Crippen LogP contribution in [0.15, 0.2) is 24.3 Å². The third-order valence-electron chi connectivity index (χ3n) is 3.27. The van der Waals surface area contributed by atoms with Crippen LogP contribution in [0.4, 0.5) is 5.69 Å². The first-order valence-electron chi connectivity index (χ1n) is 6.27. The first kappa shape index (κ1) is 14.0. The van der Waals surface area contributed by atoms with Crippen molar-refractivity contribution in [2.45, 2.75) is 32.3 Å². The van der Waals surface area contributed by atoms with Crippen LogP contribution in [0.2, 0.25) is 0 Å². The molecule has 3 nitrogen and oxygen atoms in total. The van der Waals surface area contributed by atoms with Crippen LogP contribution in [0, 0.1) is 0 Å². The van der Waals surface area contributed by atoms with E-state index in [4.69, 9.17) is 5.73 Å². The lowest BCUT2D eigenvalue weighted by atomic mass is 9.98. The summed E-state index contributed by atoms with van der Waals surface area (Å²) in [5, 5.41) is 9.50. The van der Waals surface area contributed by atoms with E-state index in [9.17, 15) is 5.11 Å². The summed E-state index contributed by atoms with van der Waals surface area (Å²) in [5.41, 5.74) is 7.88. The summed E-state index contributed by atoms with van der Waals surface area (Å²) in [6.45, 7) is 5.30. The molecule has 3 heteroatoms. The highest BCUT2D eigenvalue weighted by atomic mass is 16.3. The molecule has 2 unspecified atom stereocenters. The number of nitrogens with zero attached hydrogens (tertiary/aromatic N) is 1. The number of aliphatic hydroxyl groups excluding tert-OH is 1. The Labute approximate surface area is 104 Å². The quantitative estimate of drug-likeness (QED) is 0.794. The molecule has 0 aliphatic carbocycles. The van der Waals surface area contributed by atoms with Crippen molar-refractivity contribution >= 4 is 5.69 Å². The van der Waals surface area contributed by atoms with E-state index in [1.54, 1.807) is 0 Å². The molecular weight excluding hydrogens is 212 g/mol. The fourth-order valence-corrected chi connectivity index (χ4v) is 1.79. The van der Waals surface area contributed by atoms with Crippen LogP contribution < -0.4 is 10.6 Å². The number of benzene rings is 1. The lowest BCUT2D eigenvalue weighted by Gasteiger charge is -2.22. The second-order valence-electron chi connectivity index (χ2n) is 4.67. The van der Waals surface area contributed by atoms with Gasteiger partial charge in [0, 0.05) is 25.8 Å². The number of hydrogen-bond acceptors (Lipinski definition) is 3. The molecule has 17 heavy (non-hydrogen) atoms. The van der Waals surface area contributed by atoms with Crippen molar-refractivity contribution in [3.63, 3.8) is 0 Å². The van der Waals surface area contributed by atoms with Crippen LogP contribution in [0.25, 0.3) is 0 Å². The fourth-order valence-electron chi connectivity index (χ4n) is 1.79. The molecule has 0 saturated carbocycles. The molecule has 3 N–H and O–H groups in total. The van der Waals surface area contributed by atoms with Crippen molar-refractivity contribution in [3.8, 4) is 0 Å². The smallest absolute Gasteiger partial charge is 0.0836 e. The van der Waals surface area contributed by atoms with E-state index in [-0.39, 0.29) is 0 Å². The number of aliphatic hydroxyl groups is 1. The van der Waals surface area contributed by atoms with E-state index >= 15 is 0 Å². The molecular formula is C14H24N2O. The van der Waals surface area contributed by atoms with Crippen molar-refractivity contribution in [3.05, 3.63) is 29.8 Å². The molecule has 0 aromatic heterocycles. The van der Waals surface area contributed by atoms with Crippen LogP contribution in [0.5, 0.6) is 0 Å². The van der Waals surface area contributed by atoms with Gasteiger partial charge in [-0.05, 0) is 30.0 Å². The summed E-state index contributed by atoms with van der Waals surface area (Å²) in [7, 11) is 1.97. The fraction of sp³-hybridized carbons (Fsp3) is 0.571. The maximum Gasteiger partial charge on any atom is 0.0836 e. The minimum Gasteiger partial charge on any atom is -0.390 e.